The molecule has 0 radical (unpaired) electrons. The summed E-state index contributed by atoms with van der Waals surface area (Å²) in [6.45, 7) is 3.62. The maximum absolute atomic E-state index is 12.6. The monoisotopic (exact) mass is 294 g/mol. The number of nitrogens with zero attached hydrogens (tertiary/aromatic N) is 1. The molecule has 0 saturated heterocycles. The number of hydrogen-bond donors (Lipinski definition) is 1. The van der Waals surface area contributed by atoms with Crippen LogP contribution in [-0.4, -0.2) is 4.98 Å². The van der Waals surface area contributed by atoms with E-state index in [1.54, 1.807) is 24.3 Å². The van der Waals surface area contributed by atoms with Crippen LogP contribution in [0.2, 0.25) is 0 Å². The quantitative estimate of drug-likeness (QED) is 0.679. The molecular formula is C15H13F3N2O. The Balaban J connectivity index is 2.32. The van der Waals surface area contributed by atoms with Crippen LogP contribution < -0.4 is 10.5 Å². The highest BCUT2D eigenvalue weighted by molar-refractivity contribution is 5.49. The van der Waals surface area contributed by atoms with Crippen molar-refractivity contribution in [2.45, 2.75) is 12.6 Å². The molecule has 2 rings (SSSR count). The van der Waals surface area contributed by atoms with Crippen LogP contribution in [0.3, 0.4) is 0 Å². The summed E-state index contributed by atoms with van der Waals surface area (Å²) in [4.78, 5) is 3.46. The number of nitrogens with two attached hydrogens (primary N) is 1. The minimum Gasteiger partial charge on any atom is -0.439 e. The Morgan fingerprint density at radius 2 is 2.00 bits per heavy atom. The Kier molecular flexibility index (Phi) is 4.16. The van der Waals surface area contributed by atoms with E-state index in [0.29, 0.717) is 17.9 Å². The van der Waals surface area contributed by atoms with Crippen molar-refractivity contribution in [3.63, 3.8) is 0 Å². The van der Waals surface area contributed by atoms with Crippen LogP contribution in [0, 0.1) is 0 Å². The Labute approximate surface area is 119 Å². The number of ether oxygens (including phenoxy) is 1. The smallest absolute Gasteiger partial charge is 0.433 e. The van der Waals surface area contributed by atoms with Crippen LogP contribution in [0.1, 0.15) is 11.3 Å². The van der Waals surface area contributed by atoms with Gasteiger partial charge in [-0.3, -0.25) is 0 Å². The van der Waals surface area contributed by atoms with Gasteiger partial charge in [-0.05, 0) is 30.7 Å². The van der Waals surface area contributed by atoms with E-state index in [-0.39, 0.29) is 5.88 Å². The number of nitrogen functional groups attached to an aromatic ring is 1. The van der Waals surface area contributed by atoms with Crippen molar-refractivity contribution in [3.8, 4) is 11.6 Å². The van der Waals surface area contributed by atoms with Gasteiger partial charge in [-0.1, -0.05) is 12.1 Å². The molecule has 0 amide bonds. The maximum Gasteiger partial charge on any atom is 0.433 e. The van der Waals surface area contributed by atoms with Gasteiger partial charge in [0.15, 0.2) is 0 Å². The molecule has 0 unspecified atom stereocenters. The van der Waals surface area contributed by atoms with Gasteiger partial charge in [0, 0.05) is 17.3 Å². The van der Waals surface area contributed by atoms with Gasteiger partial charge in [-0.25, -0.2) is 4.98 Å². The molecule has 0 fully saturated rings. The molecule has 2 N–H and O–H groups in total. The van der Waals surface area contributed by atoms with E-state index >= 15 is 0 Å². The number of pyridine rings is 1. The molecule has 21 heavy (non-hydrogen) atoms. The molecule has 2 aromatic rings. The van der Waals surface area contributed by atoms with Gasteiger partial charge >= 0.3 is 6.18 Å². The second-order valence-corrected chi connectivity index (χ2v) is 4.32. The fourth-order valence-corrected chi connectivity index (χ4v) is 1.76. The summed E-state index contributed by atoms with van der Waals surface area (Å²) in [6.07, 6.45) is -2.37. The zero-order valence-electron chi connectivity index (χ0n) is 11.0. The number of benzene rings is 1. The number of alkyl halides is 3. The van der Waals surface area contributed by atoms with Crippen molar-refractivity contribution < 1.29 is 17.9 Å². The van der Waals surface area contributed by atoms with Gasteiger partial charge in [0.05, 0.1) is 0 Å². The lowest BCUT2D eigenvalue weighted by Gasteiger charge is -2.12. The van der Waals surface area contributed by atoms with Crippen LogP contribution >= 0.6 is 0 Å². The fourth-order valence-electron chi connectivity index (χ4n) is 1.76. The highest BCUT2D eigenvalue weighted by atomic mass is 19.4. The molecular weight excluding hydrogens is 281 g/mol. The molecule has 0 bridgehead atoms. The van der Waals surface area contributed by atoms with E-state index < -0.39 is 11.9 Å². The first-order valence-electron chi connectivity index (χ1n) is 6.11. The van der Waals surface area contributed by atoms with Crippen molar-refractivity contribution in [1.29, 1.82) is 0 Å². The summed E-state index contributed by atoms with van der Waals surface area (Å²) >= 11 is 0. The largest absolute Gasteiger partial charge is 0.439 e. The molecule has 1 heterocycles. The standard InChI is InChI=1S/C15H13F3N2O/c1-2-4-10-9-11(19)7-8-12(10)21-14-6-3-5-13(20-14)15(16,17)18/h2-3,5-9H,1,4,19H2. The van der Waals surface area contributed by atoms with E-state index in [1.165, 1.54) is 12.1 Å². The SMILES string of the molecule is C=CCc1cc(N)ccc1Oc1cccc(C(F)(F)F)n1. The number of halogens is 3. The summed E-state index contributed by atoms with van der Waals surface area (Å²) in [7, 11) is 0. The van der Waals surface area contributed by atoms with Gasteiger partial charge in [0.25, 0.3) is 0 Å². The molecule has 0 aliphatic heterocycles. The van der Waals surface area contributed by atoms with E-state index in [2.05, 4.69) is 11.6 Å². The Bertz CT molecular complexity index is 654. The normalized spacial score (nSPS) is 11.2. The predicted octanol–water partition coefficient (Wildman–Crippen LogP) is 4.20. The Morgan fingerprint density at radius 3 is 2.67 bits per heavy atom. The van der Waals surface area contributed by atoms with E-state index in [4.69, 9.17) is 10.5 Å². The van der Waals surface area contributed by atoms with Crippen LogP contribution in [0.25, 0.3) is 0 Å². The summed E-state index contributed by atoms with van der Waals surface area (Å²) in [5, 5.41) is 0. The zero-order valence-corrected chi connectivity index (χ0v) is 11.0. The van der Waals surface area contributed by atoms with Crippen molar-refractivity contribution in [2.24, 2.45) is 0 Å². The summed E-state index contributed by atoms with van der Waals surface area (Å²) < 4.78 is 43.3. The molecule has 6 heteroatoms. The van der Waals surface area contributed by atoms with Gasteiger partial charge in [-0.2, -0.15) is 13.2 Å². The molecule has 0 spiro atoms. The minimum atomic E-state index is -4.51. The number of aromatic nitrogens is 1. The van der Waals surface area contributed by atoms with Crippen LogP contribution in [-0.2, 0) is 12.6 Å². The van der Waals surface area contributed by atoms with Gasteiger partial charge < -0.3 is 10.5 Å². The second kappa shape index (κ2) is 5.87. The number of rotatable bonds is 4. The molecule has 0 saturated carbocycles. The average molecular weight is 294 g/mol. The molecule has 0 aliphatic carbocycles. The first-order chi connectivity index (χ1) is 9.90. The first kappa shape index (κ1) is 14.9. The number of anilines is 1. The number of hydrogen-bond acceptors (Lipinski definition) is 3. The lowest BCUT2D eigenvalue weighted by atomic mass is 10.1. The van der Waals surface area contributed by atoms with Crippen molar-refractivity contribution in [3.05, 3.63) is 60.3 Å². The lowest BCUT2D eigenvalue weighted by Crippen LogP contribution is -2.08. The third-order valence-electron chi connectivity index (χ3n) is 2.68. The minimum absolute atomic E-state index is 0.125. The summed E-state index contributed by atoms with van der Waals surface area (Å²) in [5.74, 6) is 0.274. The summed E-state index contributed by atoms with van der Waals surface area (Å²) in [6, 6.07) is 8.38. The fraction of sp³-hybridized carbons (Fsp3) is 0.133. The van der Waals surface area contributed by atoms with Gasteiger partial charge in [0.1, 0.15) is 11.4 Å². The van der Waals surface area contributed by atoms with Crippen LogP contribution in [0.5, 0.6) is 11.6 Å². The molecule has 0 atom stereocenters. The third kappa shape index (κ3) is 3.75. The molecule has 0 aliphatic rings. The van der Waals surface area contributed by atoms with Crippen LogP contribution in [0.15, 0.2) is 49.1 Å². The second-order valence-electron chi connectivity index (χ2n) is 4.32. The van der Waals surface area contributed by atoms with E-state index in [0.717, 1.165) is 11.6 Å². The average Bonchev–Trinajstić information content (AvgIpc) is 2.42. The lowest BCUT2D eigenvalue weighted by molar-refractivity contribution is -0.141. The van der Waals surface area contributed by atoms with Crippen molar-refractivity contribution in [1.82, 2.24) is 4.98 Å². The Hall–Kier alpha value is -2.50. The van der Waals surface area contributed by atoms with E-state index in [1.807, 2.05) is 0 Å². The van der Waals surface area contributed by atoms with Crippen molar-refractivity contribution >= 4 is 5.69 Å². The molecule has 110 valence electrons. The highest BCUT2D eigenvalue weighted by Crippen LogP contribution is 2.31. The summed E-state index contributed by atoms with van der Waals surface area (Å²) in [5.41, 5.74) is 5.94. The first-order valence-corrected chi connectivity index (χ1v) is 6.11. The third-order valence-corrected chi connectivity index (χ3v) is 2.68. The molecule has 1 aromatic carbocycles. The highest BCUT2D eigenvalue weighted by Gasteiger charge is 2.32. The number of allylic oxidation sites excluding steroid dienone is 1. The van der Waals surface area contributed by atoms with Crippen molar-refractivity contribution in [2.75, 3.05) is 5.73 Å². The topological polar surface area (TPSA) is 48.1 Å². The van der Waals surface area contributed by atoms with Gasteiger partial charge in [-0.15, -0.1) is 6.58 Å². The van der Waals surface area contributed by atoms with E-state index in [9.17, 15) is 13.2 Å². The molecule has 3 nitrogen and oxygen atoms in total. The van der Waals surface area contributed by atoms with Crippen LogP contribution in [0.4, 0.5) is 18.9 Å². The molecule has 1 aromatic heterocycles. The van der Waals surface area contributed by atoms with Gasteiger partial charge in [0.2, 0.25) is 5.88 Å². The Morgan fingerprint density at radius 1 is 1.24 bits per heavy atom. The zero-order chi connectivity index (χ0) is 15.5. The maximum atomic E-state index is 12.6. The predicted molar refractivity (Wildman–Crippen MR) is 74.1 cm³/mol.